The Kier molecular flexibility index (Phi) is 5.43. The zero-order chi connectivity index (χ0) is 21.3. The third-order valence-electron chi connectivity index (χ3n) is 4.47. The third kappa shape index (κ3) is 4.14. The van der Waals surface area contributed by atoms with Crippen LogP contribution in [-0.2, 0) is 22.3 Å². The van der Waals surface area contributed by atoms with Crippen molar-refractivity contribution in [1.82, 2.24) is 14.5 Å². The number of carbonyl (C=O) groups excluding carboxylic acids is 1. The Bertz CT molecular complexity index is 1140. The maximum Gasteiger partial charge on any atom is 0.418 e. The normalized spacial score (nSPS) is 14.8. The minimum absolute atomic E-state index is 0.269. The maximum atomic E-state index is 13.1. The highest BCUT2D eigenvalue weighted by Crippen LogP contribution is 2.34. The van der Waals surface area contributed by atoms with E-state index < -0.39 is 29.8 Å². The molecule has 3 heterocycles. The molecule has 1 saturated heterocycles. The molecule has 0 unspecified atom stereocenters. The third-order valence-corrected chi connectivity index (χ3v) is 5.57. The fraction of sp³-hybridized carbons (Fsp3) is 0.333. The Balaban J connectivity index is 1.55. The van der Waals surface area contributed by atoms with Crippen LogP contribution in [0.25, 0.3) is 10.3 Å². The SMILES string of the molecule is O=C(Cn1cnc2nc(N3CCOCC3)sc2c1=O)Nc1ccccc1C(F)(F)F. The van der Waals surface area contributed by atoms with Gasteiger partial charge in [-0.15, -0.1) is 0 Å². The number of anilines is 2. The second-order valence-corrected chi connectivity index (χ2v) is 7.50. The molecule has 158 valence electrons. The molecule has 1 aromatic carbocycles. The van der Waals surface area contributed by atoms with E-state index in [1.165, 1.54) is 18.5 Å². The van der Waals surface area contributed by atoms with Crippen molar-refractivity contribution in [3.63, 3.8) is 0 Å². The van der Waals surface area contributed by atoms with Crippen molar-refractivity contribution < 1.29 is 22.7 Å². The topological polar surface area (TPSA) is 89.3 Å². The monoisotopic (exact) mass is 439 g/mol. The first-order valence-electron chi connectivity index (χ1n) is 8.97. The van der Waals surface area contributed by atoms with Crippen LogP contribution in [0.5, 0.6) is 0 Å². The maximum absolute atomic E-state index is 13.1. The molecule has 1 aliphatic heterocycles. The molecule has 3 aromatic rings. The smallest absolute Gasteiger partial charge is 0.378 e. The summed E-state index contributed by atoms with van der Waals surface area (Å²) in [6.07, 6.45) is -3.44. The molecular formula is C18H16F3N5O3S. The van der Waals surface area contributed by atoms with E-state index in [2.05, 4.69) is 15.3 Å². The minimum Gasteiger partial charge on any atom is -0.378 e. The first-order chi connectivity index (χ1) is 14.3. The molecule has 1 amide bonds. The van der Waals surface area contributed by atoms with Crippen LogP contribution < -0.4 is 15.8 Å². The van der Waals surface area contributed by atoms with Crippen molar-refractivity contribution in [2.75, 3.05) is 36.5 Å². The number of aromatic nitrogens is 3. The highest BCUT2D eigenvalue weighted by atomic mass is 32.1. The standard InChI is InChI=1S/C18H16F3N5O3S/c19-18(20,21)11-3-1-2-4-12(11)23-13(27)9-26-10-22-15-14(16(26)28)30-17(24-15)25-5-7-29-8-6-25/h1-4,10H,5-9H2,(H,23,27). The number of benzene rings is 1. The molecule has 0 radical (unpaired) electrons. The van der Waals surface area contributed by atoms with Gasteiger partial charge in [0.05, 0.1) is 24.5 Å². The number of morpholine rings is 1. The van der Waals surface area contributed by atoms with Crippen LogP contribution in [0.4, 0.5) is 24.0 Å². The summed E-state index contributed by atoms with van der Waals surface area (Å²) in [4.78, 5) is 35.5. The molecule has 1 N–H and O–H groups in total. The van der Waals surface area contributed by atoms with Gasteiger partial charge in [-0.1, -0.05) is 23.5 Å². The molecular weight excluding hydrogens is 423 g/mol. The van der Waals surface area contributed by atoms with Crippen LogP contribution in [0.15, 0.2) is 35.4 Å². The van der Waals surface area contributed by atoms with Crippen LogP contribution >= 0.6 is 11.3 Å². The highest BCUT2D eigenvalue weighted by molar-refractivity contribution is 7.22. The van der Waals surface area contributed by atoms with Gasteiger partial charge >= 0.3 is 6.18 Å². The molecule has 30 heavy (non-hydrogen) atoms. The van der Waals surface area contributed by atoms with Gasteiger partial charge in [-0.25, -0.2) is 4.98 Å². The van der Waals surface area contributed by atoms with Gasteiger partial charge in [-0.2, -0.15) is 18.2 Å². The zero-order valence-electron chi connectivity index (χ0n) is 15.5. The number of nitrogens with one attached hydrogen (secondary N) is 1. The first kappa shape index (κ1) is 20.3. The molecule has 1 fully saturated rings. The number of alkyl halides is 3. The van der Waals surface area contributed by atoms with E-state index in [4.69, 9.17) is 4.74 Å². The van der Waals surface area contributed by atoms with Gasteiger partial charge in [0.1, 0.15) is 17.6 Å². The Morgan fingerprint density at radius 3 is 2.70 bits per heavy atom. The second-order valence-electron chi connectivity index (χ2n) is 6.52. The number of hydrogen-bond donors (Lipinski definition) is 1. The molecule has 0 saturated carbocycles. The molecule has 0 bridgehead atoms. The molecule has 12 heteroatoms. The number of fused-ring (bicyclic) bond motifs is 1. The van der Waals surface area contributed by atoms with E-state index in [0.717, 1.165) is 28.0 Å². The molecule has 0 atom stereocenters. The number of halogens is 3. The van der Waals surface area contributed by atoms with Crippen LogP contribution in [-0.4, -0.2) is 46.7 Å². The lowest BCUT2D eigenvalue weighted by Crippen LogP contribution is -2.36. The van der Waals surface area contributed by atoms with E-state index in [-0.39, 0.29) is 16.0 Å². The summed E-state index contributed by atoms with van der Waals surface area (Å²) < 4.78 is 45.9. The average molecular weight is 439 g/mol. The highest BCUT2D eigenvalue weighted by Gasteiger charge is 2.33. The molecule has 0 aliphatic carbocycles. The minimum atomic E-state index is -4.61. The quantitative estimate of drug-likeness (QED) is 0.671. The van der Waals surface area contributed by atoms with Crippen LogP contribution in [0.1, 0.15) is 5.56 Å². The van der Waals surface area contributed by atoms with Crippen molar-refractivity contribution in [2.45, 2.75) is 12.7 Å². The van der Waals surface area contributed by atoms with Crippen molar-refractivity contribution in [3.05, 3.63) is 46.5 Å². The van der Waals surface area contributed by atoms with E-state index >= 15 is 0 Å². The van der Waals surface area contributed by atoms with Gasteiger partial charge in [0.2, 0.25) is 5.91 Å². The number of nitrogens with zero attached hydrogens (tertiary/aromatic N) is 4. The van der Waals surface area contributed by atoms with Crippen LogP contribution in [0, 0.1) is 0 Å². The first-order valence-corrected chi connectivity index (χ1v) is 9.79. The lowest BCUT2D eigenvalue weighted by molar-refractivity contribution is -0.137. The number of para-hydroxylation sites is 1. The molecule has 8 nitrogen and oxygen atoms in total. The second kappa shape index (κ2) is 8.03. The number of thiazole rings is 1. The summed E-state index contributed by atoms with van der Waals surface area (Å²) in [6, 6.07) is 4.65. The lowest BCUT2D eigenvalue weighted by Gasteiger charge is -2.25. The Hall–Kier alpha value is -2.99. The number of ether oxygens (including phenoxy) is 1. The Morgan fingerprint density at radius 2 is 1.97 bits per heavy atom. The largest absolute Gasteiger partial charge is 0.418 e. The fourth-order valence-electron chi connectivity index (χ4n) is 3.02. The van der Waals surface area contributed by atoms with Crippen LogP contribution in [0.2, 0.25) is 0 Å². The van der Waals surface area contributed by atoms with E-state index in [0.29, 0.717) is 31.4 Å². The van der Waals surface area contributed by atoms with Gasteiger partial charge in [0.15, 0.2) is 10.8 Å². The molecule has 1 aliphatic rings. The fourth-order valence-corrected chi connectivity index (χ4v) is 4.04. The van der Waals surface area contributed by atoms with Gasteiger partial charge in [0.25, 0.3) is 5.56 Å². The van der Waals surface area contributed by atoms with Crippen molar-refractivity contribution in [3.8, 4) is 0 Å². The summed E-state index contributed by atoms with van der Waals surface area (Å²) in [5.41, 5.74) is -1.54. The van der Waals surface area contributed by atoms with Crippen molar-refractivity contribution in [2.24, 2.45) is 0 Å². The lowest BCUT2D eigenvalue weighted by atomic mass is 10.1. The van der Waals surface area contributed by atoms with E-state index in [9.17, 15) is 22.8 Å². The Morgan fingerprint density at radius 1 is 1.23 bits per heavy atom. The summed E-state index contributed by atoms with van der Waals surface area (Å²) >= 11 is 1.16. The summed E-state index contributed by atoms with van der Waals surface area (Å²) in [5.74, 6) is -0.770. The van der Waals surface area contributed by atoms with Gasteiger partial charge in [-0.05, 0) is 12.1 Å². The van der Waals surface area contributed by atoms with Gasteiger partial charge in [0, 0.05) is 13.1 Å². The summed E-state index contributed by atoms with van der Waals surface area (Å²) in [6.45, 7) is 1.95. The number of hydrogen-bond acceptors (Lipinski definition) is 7. The number of rotatable bonds is 4. The van der Waals surface area contributed by atoms with Crippen molar-refractivity contribution in [1.29, 1.82) is 0 Å². The van der Waals surface area contributed by atoms with Gasteiger partial charge in [-0.3, -0.25) is 14.2 Å². The molecule has 2 aromatic heterocycles. The predicted molar refractivity (Wildman–Crippen MR) is 105 cm³/mol. The summed E-state index contributed by atoms with van der Waals surface area (Å²) in [7, 11) is 0. The zero-order valence-corrected chi connectivity index (χ0v) is 16.3. The van der Waals surface area contributed by atoms with Crippen molar-refractivity contribution >= 4 is 38.4 Å². The van der Waals surface area contributed by atoms with Gasteiger partial charge < -0.3 is 15.0 Å². The van der Waals surface area contributed by atoms with E-state index in [1.54, 1.807) is 0 Å². The van der Waals surface area contributed by atoms with Crippen LogP contribution in [0.3, 0.4) is 0 Å². The molecule has 0 spiro atoms. The predicted octanol–water partition coefficient (Wildman–Crippen LogP) is 2.35. The van der Waals surface area contributed by atoms with E-state index in [1.807, 2.05) is 4.90 Å². The summed E-state index contributed by atoms with van der Waals surface area (Å²) in [5, 5.41) is 2.86. The Labute approximate surface area is 171 Å². The number of carbonyl (C=O) groups is 1. The number of amides is 1. The molecule has 4 rings (SSSR count). The average Bonchev–Trinajstić information content (AvgIpc) is 3.16.